The summed E-state index contributed by atoms with van der Waals surface area (Å²) in [7, 11) is 0. The summed E-state index contributed by atoms with van der Waals surface area (Å²) in [6.07, 6.45) is 2.98. The van der Waals surface area contributed by atoms with E-state index in [0.29, 0.717) is 18.4 Å². The average Bonchev–Trinajstić information content (AvgIpc) is 2.17. The van der Waals surface area contributed by atoms with Gasteiger partial charge in [0.25, 0.3) is 0 Å². The fourth-order valence-corrected chi connectivity index (χ4v) is 1.94. The molecule has 1 N–H and O–H groups in total. The molecule has 1 aromatic carbocycles. The number of hydrogen-bond donors (Lipinski definition) is 1. The number of rotatable bonds is 1. The van der Waals surface area contributed by atoms with Gasteiger partial charge in [-0.15, -0.1) is 0 Å². The van der Waals surface area contributed by atoms with Gasteiger partial charge in [0.1, 0.15) is 0 Å². The Morgan fingerprint density at radius 3 is 2.86 bits per heavy atom. The van der Waals surface area contributed by atoms with Crippen LogP contribution in [0.5, 0.6) is 0 Å². The molecule has 0 heterocycles. The Balaban J connectivity index is 2.50. The third kappa shape index (κ3) is 1.53. The highest BCUT2D eigenvalue weighted by Crippen LogP contribution is 2.29. The van der Waals surface area contributed by atoms with Gasteiger partial charge in [0.15, 0.2) is 0 Å². The summed E-state index contributed by atoms with van der Waals surface area (Å²) in [6.45, 7) is 0. The molecular formula is C11H9ClO2. The Kier molecular flexibility index (Phi) is 2.30. The third-order valence-corrected chi connectivity index (χ3v) is 2.76. The highest BCUT2D eigenvalue weighted by molar-refractivity contribution is 6.31. The Bertz CT molecular complexity index is 421. The zero-order valence-electron chi connectivity index (χ0n) is 7.46. The van der Waals surface area contributed by atoms with Crippen molar-refractivity contribution in [1.82, 2.24) is 0 Å². The van der Waals surface area contributed by atoms with Crippen molar-refractivity contribution in [1.29, 1.82) is 0 Å². The predicted octanol–water partition coefficient (Wildman–Crippen LogP) is 2.75. The summed E-state index contributed by atoms with van der Waals surface area (Å²) in [4.78, 5) is 10.7. The van der Waals surface area contributed by atoms with Gasteiger partial charge in [0.2, 0.25) is 0 Å². The zero-order valence-corrected chi connectivity index (χ0v) is 8.21. The summed E-state index contributed by atoms with van der Waals surface area (Å²) >= 11 is 5.99. The lowest BCUT2D eigenvalue weighted by Gasteiger charge is -2.14. The average molecular weight is 209 g/mol. The minimum Gasteiger partial charge on any atom is -0.478 e. The van der Waals surface area contributed by atoms with E-state index in [1.807, 2.05) is 18.2 Å². The van der Waals surface area contributed by atoms with Crippen molar-refractivity contribution in [3.05, 3.63) is 39.9 Å². The number of hydrogen-bond acceptors (Lipinski definition) is 1. The van der Waals surface area contributed by atoms with E-state index < -0.39 is 5.97 Å². The monoisotopic (exact) mass is 208 g/mol. The molecule has 0 bridgehead atoms. The zero-order chi connectivity index (χ0) is 10.1. The third-order valence-electron chi connectivity index (χ3n) is 2.40. The largest absolute Gasteiger partial charge is 0.478 e. The second-order valence-corrected chi connectivity index (χ2v) is 3.69. The van der Waals surface area contributed by atoms with Crippen molar-refractivity contribution in [3.63, 3.8) is 0 Å². The molecule has 1 aliphatic rings. The van der Waals surface area contributed by atoms with E-state index in [-0.39, 0.29) is 0 Å². The van der Waals surface area contributed by atoms with Crippen LogP contribution in [0.1, 0.15) is 17.5 Å². The first-order valence-corrected chi connectivity index (χ1v) is 4.77. The summed E-state index contributed by atoms with van der Waals surface area (Å²) in [5.41, 5.74) is 2.44. The van der Waals surface area contributed by atoms with E-state index in [1.54, 1.807) is 6.08 Å². The molecule has 3 heteroatoms. The molecule has 1 aliphatic carbocycles. The molecule has 2 rings (SSSR count). The smallest absolute Gasteiger partial charge is 0.331 e. The highest BCUT2D eigenvalue weighted by Gasteiger charge is 2.16. The molecule has 0 radical (unpaired) electrons. The van der Waals surface area contributed by atoms with Crippen LogP contribution >= 0.6 is 11.6 Å². The van der Waals surface area contributed by atoms with Crippen LogP contribution in [0.25, 0.3) is 6.08 Å². The lowest BCUT2D eigenvalue weighted by molar-refractivity contribution is -0.132. The fourth-order valence-electron chi connectivity index (χ4n) is 1.66. The van der Waals surface area contributed by atoms with Gasteiger partial charge in [0, 0.05) is 10.6 Å². The van der Waals surface area contributed by atoms with Gasteiger partial charge in [-0.2, -0.15) is 0 Å². The van der Waals surface area contributed by atoms with Crippen LogP contribution in [0, 0.1) is 0 Å². The summed E-state index contributed by atoms with van der Waals surface area (Å²) < 4.78 is 0. The predicted molar refractivity (Wildman–Crippen MR) is 55.4 cm³/mol. The van der Waals surface area contributed by atoms with Gasteiger partial charge in [-0.1, -0.05) is 23.7 Å². The molecule has 0 unspecified atom stereocenters. The van der Waals surface area contributed by atoms with Gasteiger partial charge in [-0.3, -0.25) is 0 Å². The van der Waals surface area contributed by atoms with Crippen LogP contribution in [0.15, 0.2) is 23.8 Å². The topological polar surface area (TPSA) is 37.3 Å². The second-order valence-electron chi connectivity index (χ2n) is 3.28. The van der Waals surface area contributed by atoms with Crippen LogP contribution in [0.3, 0.4) is 0 Å². The molecule has 0 spiro atoms. The molecular weight excluding hydrogens is 200 g/mol. The lowest BCUT2D eigenvalue weighted by Crippen LogP contribution is -2.07. The number of benzene rings is 1. The van der Waals surface area contributed by atoms with Gasteiger partial charge in [0.05, 0.1) is 0 Å². The van der Waals surface area contributed by atoms with Crippen LogP contribution in [0.2, 0.25) is 5.02 Å². The van der Waals surface area contributed by atoms with Crippen LogP contribution < -0.4 is 0 Å². The minimum absolute atomic E-state index is 0.458. The summed E-state index contributed by atoms with van der Waals surface area (Å²) in [5.74, 6) is -0.837. The van der Waals surface area contributed by atoms with E-state index in [0.717, 1.165) is 16.1 Å². The van der Waals surface area contributed by atoms with Crippen molar-refractivity contribution in [2.24, 2.45) is 0 Å². The van der Waals surface area contributed by atoms with Gasteiger partial charge in [-0.25, -0.2) is 4.79 Å². The van der Waals surface area contributed by atoms with Crippen molar-refractivity contribution in [2.75, 3.05) is 0 Å². The maximum absolute atomic E-state index is 10.7. The molecule has 0 atom stereocenters. The van der Waals surface area contributed by atoms with Gasteiger partial charge in [-0.05, 0) is 36.1 Å². The van der Waals surface area contributed by atoms with Gasteiger partial charge >= 0.3 is 5.97 Å². The Morgan fingerprint density at radius 2 is 2.14 bits per heavy atom. The van der Waals surface area contributed by atoms with Crippen LogP contribution in [-0.4, -0.2) is 11.1 Å². The fraction of sp³-hybridized carbons (Fsp3) is 0.182. The van der Waals surface area contributed by atoms with E-state index in [2.05, 4.69) is 0 Å². The van der Waals surface area contributed by atoms with E-state index in [1.165, 1.54) is 0 Å². The number of aliphatic carboxylic acids is 1. The lowest BCUT2D eigenvalue weighted by atomic mass is 9.92. The number of carbonyl (C=O) groups is 1. The number of carboxylic acids is 1. The van der Waals surface area contributed by atoms with Crippen molar-refractivity contribution < 1.29 is 9.90 Å². The maximum Gasteiger partial charge on any atom is 0.331 e. The quantitative estimate of drug-likeness (QED) is 0.771. The number of halogens is 1. The first-order valence-electron chi connectivity index (χ1n) is 4.40. The molecule has 0 saturated carbocycles. The SMILES string of the molecule is O=C(O)C1=Cc2cccc(Cl)c2CC1. The van der Waals surface area contributed by atoms with E-state index in [4.69, 9.17) is 16.7 Å². The Morgan fingerprint density at radius 1 is 1.36 bits per heavy atom. The molecule has 2 nitrogen and oxygen atoms in total. The molecule has 0 amide bonds. The Labute approximate surface area is 86.8 Å². The second kappa shape index (κ2) is 3.46. The van der Waals surface area contributed by atoms with Crippen molar-refractivity contribution in [3.8, 4) is 0 Å². The minimum atomic E-state index is -0.837. The van der Waals surface area contributed by atoms with Crippen molar-refractivity contribution >= 4 is 23.6 Å². The Hall–Kier alpha value is -1.28. The molecule has 0 aliphatic heterocycles. The normalized spacial score (nSPS) is 14.5. The molecule has 0 aromatic heterocycles. The molecule has 72 valence electrons. The van der Waals surface area contributed by atoms with Crippen LogP contribution in [-0.2, 0) is 11.2 Å². The van der Waals surface area contributed by atoms with E-state index >= 15 is 0 Å². The number of carboxylic acid groups (broad SMARTS) is 1. The first kappa shape index (κ1) is 9.28. The van der Waals surface area contributed by atoms with E-state index in [9.17, 15) is 4.79 Å². The summed E-state index contributed by atoms with van der Waals surface area (Å²) in [6, 6.07) is 5.56. The standard InChI is InChI=1S/C11H9ClO2/c12-10-3-1-2-7-6-8(11(13)14)4-5-9(7)10/h1-3,6H,4-5H2,(H,13,14). The molecule has 0 saturated heterocycles. The van der Waals surface area contributed by atoms with Gasteiger partial charge < -0.3 is 5.11 Å². The molecule has 0 fully saturated rings. The maximum atomic E-state index is 10.7. The first-order chi connectivity index (χ1) is 6.68. The molecule has 1 aromatic rings. The highest BCUT2D eigenvalue weighted by atomic mass is 35.5. The number of fused-ring (bicyclic) bond motifs is 1. The van der Waals surface area contributed by atoms with Crippen LogP contribution in [0.4, 0.5) is 0 Å². The molecule has 14 heavy (non-hydrogen) atoms. The van der Waals surface area contributed by atoms with Crippen molar-refractivity contribution in [2.45, 2.75) is 12.8 Å². The summed E-state index contributed by atoms with van der Waals surface area (Å²) in [5, 5.41) is 9.56.